The van der Waals surface area contributed by atoms with Crippen LogP contribution in [0.25, 0.3) is 0 Å². The fourth-order valence-electron chi connectivity index (χ4n) is 3.36. The van der Waals surface area contributed by atoms with Crippen molar-refractivity contribution in [3.8, 4) is 0 Å². The molecule has 2 saturated heterocycles. The lowest BCUT2D eigenvalue weighted by Gasteiger charge is -2.34. The minimum atomic E-state index is -3.94. The van der Waals surface area contributed by atoms with Gasteiger partial charge in [0.2, 0.25) is 10.0 Å². The lowest BCUT2D eigenvalue weighted by molar-refractivity contribution is 0.251. The van der Waals surface area contributed by atoms with E-state index in [-0.39, 0.29) is 6.04 Å². The molecule has 2 heterocycles. The first kappa shape index (κ1) is 14.9. The molecule has 0 amide bonds. The molecule has 0 aliphatic carbocycles. The Hall–Kier alpha value is -1.05. The number of benzene rings is 1. The molecule has 7 heteroatoms. The summed E-state index contributed by atoms with van der Waals surface area (Å²) in [4.78, 5) is -0.461. The van der Waals surface area contributed by atoms with E-state index in [9.17, 15) is 17.2 Å². The van der Waals surface area contributed by atoms with Gasteiger partial charge in [0.25, 0.3) is 0 Å². The average Bonchev–Trinajstić information content (AvgIpc) is 2.76. The quantitative estimate of drug-likeness (QED) is 0.926. The minimum absolute atomic E-state index is 0.141. The number of sulfonamides is 1. The standard InChI is InChI=1S/C14H18F2N2O2S/c1-18(12-7-10-3-4-11(8-12)17-10)21(19,20)14-5-2-9(15)6-13(14)16/h2,5-6,10-12,17H,3-4,7-8H2,1H3. The molecule has 2 fully saturated rings. The Labute approximate surface area is 123 Å². The number of halogens is 2. The molecule has 1 aromatic carbocycles. The van der Waals surface area contributed by atoms with Crippen LogP contribution in [-0.2, 0) is 10.0 Å². The van der Waals surface area contributed by atoms with Crippen LogP contribution in [0.4, 0.5) is 8.78 Å². The smallest absolute Gasteiger partial charge is 0.245 e. The van der Waals surface area contributed by atoms with Gasteiger partial charge in [0.15, 0.2) is 0 Å². The Kier molecular flexibility index (Phi) is 3.75. The van der Waals surface area contributed by atoms with Gasteiger partial charge in [0.1, 0.15) is 16.5 Å². The zero-order valence-electron chi connectivity index (χ0n) is 11.7. The number of piperidine rings is 1. The van der Waals surface area contributed by atoms with Gasteiger partial charge >= 0.3 is 0 Å². The third-order valence-electron chi connectivity index (χ3n) is 4.51. The summed E-state index contributed by atoms with van der Waals surface area (Å²) in [5.41, 5.74) is 0. The van der Waals surface area contributed by atoms with E-state index in [1.807, 2.05) is 0 Å². The van der Waals surface area contributed by atoms with E-state index in [0.717, 1.165) is 37.8 Å². The van der Waals surface area contributed by atoms with E-state index in [1.54, 1.807) is 0 Å². The van der Waals surface area contributed by atoms with E-state index in [0.29, 0.717) is 18.2 Å². The molecular weight excluding hydrogens is 298 g/mol. The molecule has 2 aliphatic rings. The SMILES string of the molecule is CN(C1CC2CCC(C1)N2)S(=O)(=O)c1ccc(F)cc1F. The number of rotatable bonds is 3. The van der Waals surface area contributed by atoms with E-state index >= 15 is 0 Å². The highest BCUT2D eigenvalue weighted by Gasteiger charge is 2.39. The summed E-state index contributed by atoms with van der Waals surface area (Å²) in [6.07, 6.45) is 3.57. The van der Waals surface area contributed by atoms with Gasteiger partial charge in [-0.2, -0.15) is 4.31 Å². The molecule has 3 rings (SSSR count). The summed E-state index contributed by atoms with van der Waals surface area (Å²) in [5.74, 6) is -1.83. The molecule has 2 bridgehead atoms. The molecule has 2 aliphatic heterocycles. The fraction of sp³-hybridized carbons (Fsp3) is 0.571. The van der Waals surface area contributed by atoms with Crippen LogP contribution in [0, 0.1) is 11.6 Å². The number of nitrogens with one attached hydrogen (secondary N) is 1. The van der Waals surface area contributed by atoms with Crippen LogP contribution in [0.1, 0.15) is 25.7 Å². The highest BCUT2D eigenvalue weighted by Crippen LogP contribution is 2.32. The predicted octanol–water partition coefficient (Wildman–Crippen LogP) is 1.87. The topological polar surface area (TPSA) is 49.4 Å². The maximum Gasteiger partial charge on any atom is 0.245 e. The molecule has 0 radical (unpaired) electrons. The minimum Gasteiger partial charge on any atom is -0.311 e. The zero-order chi connectivity index (χ0) is 15.2. The van der Waals surface area contributed by atoms with E-state index in [4.69, 9.17) is 0 Å². The molecule has 4 nitrogen and oxygen atoms in total. The van der Waals surface area contributed by atoms with Gasteiger partial charge in [-0.25, -0.2) is 17.2 Å². The Balaban J connectivity index is 1.87. The van der Waals surface area contributed by atoms with Crippen LogP contribution in [0.15, 0.2) is 23.1 Å². The van der Waals surface area contributed by atoms with Gasteiger partial charge in [0, 0.05) is 31.2 Å². The Bertz CT molecular complexity index is 638. The molecule has 116 valence electrons. The average molecular weight is 316 g/mol. The molecule has 21 heavy (non-hydrogen) atoms. The number of hydrogen-bond donors (Lipinski definition) is 1. The largest absolute Gasteiger partial charge is 0.311 e. The van der Waals surface area contributed by atoms with Gasteiger partial charge < -0.3 is 5.32 Å². The molecule has 2 unspecified atom stereocenters. The first-order chi connectivity index (χ1) is 9.88. The zero-order valence-corrected chi connectivity index (χ0v) is 12.5. The molecule has 1 aromatic rings. The van der Waals surface area contributed by atoms with Gasteiger partial charge in [-0.15, -0.1) is 0 Å². The third kappa shape index (κ3) is 2.69. The van der Waals surface area contributed by atoms with Gasteiger partial charge in [-0.1, -0.05) is 0 Å². The van der Waals surface area contributed by atoms with Crippen molar-refractivity contribution in [2.75, 3.05) is 7.05 Å². The fourth-order valence-corrected chi connectivity index (χ4v) is 4.78. The molecule has 0 spiro atoms. The predicted molar refractivity (Wildman–Crippen MR) is 74.3 cm³/mol. The second-order valence-electron chi connectivity index (χ2n) is 5.86. The van der Waals surface area contributed by atoms with Crippen molar-refractivity contribution in [3.63, 3.8) is 0 Å². The van der Waals surface area contributed by atoms with E-state index in [1.165, 1.54) is 11.4 Å². The van der Waals surface area contributed by atoms with Crippen molar-refractivity contribution in [1.82, 2.24) is 9.62 Å². The van der Waals surface area contributed by atoms with Crippen LogP contribution in [0.5, 0.6) is 0 Å². The van der Waals surface area contributed by atoms with Crippen molar-refractivity contribution in [1.29, 1.82) is 0 Å². The highest BCUT2D eigenvalue weighted by atomic mass is 32.2. The number of nitrogens with zero attached hydrogens (tertiary/aromatic N) is 1. The van der Waals surface area contributed by atoms with Crippen LogP contribution in [0.2, 0.25) is 0 Å². The van der Waals surface area contributed by atoms with E-state index < -0.39 is 26.6 Å². The van der Waals surface area contributed by atoms with Crippen molar-refractivity contribution in [3.05, 3.63) is 29.8 Å². The maximum absolute atomic E-state index is 13.8. The van der Waals surface area contributed by atoms with Crippen LogP contribution in [0.3, 0.4) is 0 Å². The molecule has 2 atom stereocenters. The van der Waals surface area contributed by atoms with Crippen LogP contribution in [-0.4, -0.2) is 37.9 Å². The normalized spacial score (nSPS) is 29.0. The first-order valence-corrected chi connectivity index (χ1v) is 8.51. The van der Waals surface area contributed by atoms with Crippen molar-refractivity contribution in [2.45, 2.75) is 48.7 Å². The van der Waals surface area contributed by atoms with Crippen molar-refractivity contribution in [2.24, 2.45) is 0 Å². The first-order valence-electron chi connectivity index (χ1n) is 7.07. The maximum atomic E-state index is 13.8. The Morgan fingerprint density at radius 3 is 2.38 bits per heavy atom. The second-order valence-corrected chi connectivity index (χ2v) is 7.83. The summed E-state index contributed by atoms with van der Waals surface area (Å²) < 4.78 is 53.1. The summed E-state index contributed by atoms with van der Waals surface area (Å²) >= 11 is 0. The lowest BCUT2D eigenvalue weighted by Crippen LogP contribution is -2.48. The van der Waals surface area contributed by atoms with Gasteiger partial charge in [0.05, 0.1) is 0 Å². The molecular formula is C14H18F2N2O2S. The Morgan fingerprint density at radius 1 is 1.19 bits per heavy atom. The van der Waals surface area contributed by atoms with Gasteiger partial charge in [-0.05, 0) is 37.8 Å². The van der Waals surface area contributed by atoms with Crippen LogP contribution < -0.4 is 5.32 Å². The summed E-state index contributed by atoms with van der Waals surface area (Å²) in [7, 11) is -2.46. The monoisotopic (exact) mass is 316 g/mol. The van der Waals surface area contributed by atoms with Crippen molar-refractivity contribution >= 4 is 10.0 Å². The van der Waals surface area contributed by atoms with Crippen molar-refractivity contribution < 1.29 is 17.2 Å². The summed E-state index contributed by atoms with van der Waals surface area (Å²) in [6, 6.07) is 3.10. The molecule has 1 N–H and O–H groups in total. The van der Waals surface area contributed by atoms with Crippen LogP contribution >= 0.6 is 0 Å². The molecule has 0 saturated carbocycles. The number of hydrogen-bond acceptors (Lipinski definition) is 3. The summed E-state index contributed by atoms with van der Waals surface area (Å²) in [6.45, 7) is 0. The molecule has 0 aromatic heterocycles. The number of fused-ring (bicyclic) bond motifs is 2. The lowest BCUT2D eigenvalue weighted by atomic mass is 10.0. The van der Waals surface area contributed by atoms with Gasteiger partial charge in [-0.3, -0.25) is 0 Å². The summed E-state index contributed by atoms with van der Waals surface area (Å²) in [5, 5.41) is 3.44. The third-order valence-corrected chi connectivity index (χ3v) is 6.46. The second kappa shape index (κ2) is 5.30. The highest BCUT2D eigenvalue weighted by molar-refractivity contribution is 7.89. The Morgan fingerprint density at radius 2 is 1.81 bits per heavy atom. The van der Waals surface area contributed by atoms with E-state index in [2.05, 4.69) is 5.32 Å².